The SMILES string of the molecule is O=C(Cc1csc(-c2cccc(F)c2)n1)Nc1nnc(C2CC2)s1. The molecule has 2 heterocycles. The van der Waals surface area contributed by atoms with Gasteiger partial charge in [-0.25, -0.2) is 9.37 Å². The molecule has 122 valence electrons. The predicted molar refractivity (Wildman–Crippen MR) is 91.7 cm³/mol. The van der Waals surface area contributed by atoms with Gasteiger partial charge in [0.1, 0.15) is 15.8 Å². The number of thiazole rings is 1. The van der Waals surface area contributed by atoms with E-state index in [1.807, 2.05) is 5.38 Å². The molecule has 1 saturated carbocycles. The number of aromatic nitrogens is 3. The Morgan fingerprint density at radius 1 is 1.33 bits per heavy atom. The predicted octanol–water partition coefficient (Wildman–Crippen LogP) is 3.86. The lowest BCUT2D eigenvalue weighted by Gasteiger charge is -1.98. The highest BCUT2D eigenvalue weighted by Crippen LogP contribution is 2.42. The largest absolute Gasteiger partial charge is 0.300 e. The van der Waals surface area contributed by atoms with Crippen LogP contribution in [-0.2, 0) is 11.2 Å². The third-order valence-corrected chi connectivity index (χ3v) is 5.52. The van der Waals surface area contributed by atoms with Crippen LogP contribution >= 0.6 is 22.7 Å². The molecular formula is C16H13FN4OS2. The lowest BCUT2D eigenvalue weighted by atomic mass is 10.2. The summed E-state index contributed by atoms with van der Waals surface area (Å²) in [6.07, 6.45) is 2.47. The Bertz CT molecular complexity index is 888. The van der Waals surface area contributed by atoms with E-state index < -0.39 is 0 Å². The molecule has 0 radical (unpaired) electrons. The van der Waals surface area contributed by atoms with Crippen molar-refractivity contribution in [1.29, 1.82) is 0 Å². The minimum Gasteiger partial charge on any atom is -0.300 e. The molecule has 0 unspecified atom stereocenters. The summed E-state index contributed by atoms with van der Waals surface area (Å²) in [5, 5.41) is 14.9. The van der Waals surface area contributed by atoms with Crippen LogP contribution in [0, 0.1) is 5.82 Å². The number of hydrogen-bond acceptors (Lipinski definition) is 6. The first-order chi connectivity index (χ1) is 11.7. The first-order valence-electron chi connectivity index (χ1n) is 7.51. The van der Waals surface area contributed by atoms with Gasteiger partial charge in [0.05, 0.1) is 12.1 Å². The highest BCUT2D eigenvalue weighted by atomic mass is 32.1. The molecule has 0 spiro atoms. The monoisotopic (exact) mass is 360 g/mol. The molecule has 3 aromatic rings. The summed E-state index contributed by atoms with van der Waals surface area (Å²) in [6, 6.07) is 6.27. The van der Waals surface area contributed by atoms with Crippen LogP contribution in [0.4, 0.5) is 9.52 Å². The summed E-state index contributed by atoms with van der Waals surface area (Å²) < 4.78 is 13.3. The molecule has 1 aliphatic rings. The van der Waals surface area contributed by atoms with Gasteiger partial charge < -0.3 is 5.32 Å². The summed E-state index contributed by atoms with van der Waals surface area (Å²) in [5.74, 6) is 0.0508. The molecule has 2 aromatic heterocycles. The minimum atomic E-state index is -0.301. The van der Waals surface area contributed by atoms with Crippen molar-refractivity contribution in [1.82, 2.24) is 15.2 Å². The van der Waals surface area contributed by atoms with Gasteiger partial charge in [-0.05, 0) is 25.0 Å². The molecule has 0 aliphatic heterocycles. The average Bonchev–Trinajstić information content (AvgIpc) is 3.13. The summed E-state index contributed by atoms with van der Waals surface area (Å²) in [7, 11) is 0. The number of nitrogens with zero attached hydrogens (tertiary/aromatic N) is 3. The fraction of sp³-hybridized carbons (Fsp3) is 0.250. The van der Waals surface area contributed by atoms with Crippen LogP contribution in [0.5, 0.6) is 0 Å². The van der Waals surface area contributed by atoms with Gasteiger partial charge in [0.2, 0.25) is 11.0 Å². The second-order valence-corrected chi connectivity index (χ2v) is 7.47. The number of hydrogen-bond donors (Lipinski definition) is 1. The molecule has 1 aromatic carbocycles. The summed E-state index contributed by atoms with van der Waals surface area (Å²) in [4.78, 5) is 16.5. The van der Waals surface area contributed by atoms with Gasteiger partial charge in [-0.2, -0.15) is 0 Å². The van der Waals surface area contributed by atoms with Crippen LogP contribution in [0.3, 0.4) is 0 Å². The van der Waals surface area contributed by atoms with Crippen molar-refractivity contribution < 1.29 is 9.18 Å². The van der Waals surface area contributed by atoms with Crippen molar-refractivity contribution in [3.8, 4) is 10.6 Å². The number of amides is 1. The Balaban J connectivity index is 1.40. The number of benzene rings is 1. The highest BCUT2D eigenvalue weighted by molar-refractivity contribution is 7.15. The van der Waals surface area contributed by atoms with Crippen LogP contribution < -0.4 is 5.32 Å². The normalized spacial score (nSPS) is 13.9. The maximum Gasteiger partial charge on any atom is 0.232 e. The van der Waals surface area contributed by atoms with Crippen molar-refractivity contribution in [2.75, 3.05) is 5.32 Å². The third-order valence-electron chi connectivity index (χ3n) is 3.58. The number of rotatable bonds is 5. The van der Waals surface area contributed by atoms with Gasteiger partial charge in [-0.1, -0.05) is 23.5 Å². The van der Waals surface area contributed by atoms with Gasteiger partial charge in [-0.3, -0.25) is 4.79 Å². The van der Waals surface area contributed by atoms with E-state index in [9.17, 15) is 9.18 Å². The smallest absolute Gasteiger partial charge is 0.232 e. The van der Waals surface area contributed by atoms with Gasteiger partial charge in [0.25, 0.3) is 0 Å². The summed E-state index contributed by atoms with van der Waals surface area (Å²) in [6.45, 7) is 0. The van der Waals surface area contributed by atoms with Gasteiger partial charge in [-0.15, -0.1) is 21.5 Å². The Labute approximate surface area is 145 Å². The van der Waals surface area contributed by atoms with E-state index in [1.54, 1.807) is 12.1 Å². The second-order valence-electron chi connectivity index (χ2n) is 5.60. The molecule has 4 rings (SSSR count). The number of carbonyl (C=O) groups excluding carboxylic acids is 1. The van der Waals surface area contributed by atoms with Crippen LogP contribution in [-0.4, -0.2) is 21.1 Å². The molecule has 0 saturated heterocycles. The molecule has 1 aliphatic carbocycles. The summed E-state index contributed by atoms with van der Waals surface area (Å²) >= 11 is 2.83. The number of nitrogens with one attached hydrogen (secondary N) is 1. The van der Waals surface area contributed by atoms with E-state index in [2.05, 4.69) is 20.5 Å². The fourth-order valence-corrected chi connectivity index (χ4v) is 4.00. The minimum absolute atomic E-state index is 0.157. The molecule has 5 nitrogen and oxygen atoms in total. The molecule has 24 heavy (non-hydrogen) atoms. The van der Waals surface area contributed by atoms with Crippen LogP contribution in [0.25, 0.3) is 10.6 Å². The number of carbonyl (C=O) groups is 1. The molecule has 0 bridgehead atoms. The van der Waals surface area contributed by atoms with Gasteiger partial charge in [0, 0.05) is 16.9 Å². The van der Waals surface area contributed by atoms with E-state index in [1.165, 1.54) is 34.8 Å². The fourth-order valence-electron chi connectivity index (χ4n) is 2.25. The Morgan fingerprint density at radius 3 is 3.00 bits per heavy atom. The van der Waals surface area contributed by atoms with E-state index in [-0.39, 0.29) is 18.1 Å². The number of anilines is 1. The Kier molecular flexibility index (Phi) is 4.07. The zero-order valence-corrected chi connectivity index (χ0v) is 14.2. The van der Waals surface area contributed by atoms with Crippen molar-refractivity contribution in [2.24, 2.45) is 0 Å². The molecule has 1 N–H and O–H groups in total. The number of halogens is 1. The first-order valence-corrected chi connectivity index (χ1v) is 9.20. The molecule has 0 atom stereocenters. The maximum absolute atomic E-state index is 13.3. The Morgan fingerprint density at radius 2 is 2.21 bits per heavy atom. The highest BCUT2D eigenvalue weighted by Gasteiger charge is 2.27. The van der Waals surface area contributed by atoms with Gasteiger partial charge in [0.15, 0.2) is 0 Å². The lowest BCUT2D eigenvalue weighted by molar-refractivity contribution is -0.115. The maximum atomic E-state index is 13.3. The van der Waals surface area contributed by atoms with E-state index in [0.29, 0.717) is 27.3 Å². The van der Waals surface area contributed by atoms with Crippen LogP contribution in [0.1, 0.15) is 29.5 Å². The van der Waals surface area contributed by atoms with Crippen molar-refractivity contribution >= 4 is 33.7 Å². The third kappa shape index (κ3) is 3.49. The molecule has 8 heteroatoms. The van der Waals surface area contributed by atoms with E-state index in [4.69, 9.17) is 0 Å². The average molecular weight is 360 g/mol. The van der Waals surface area contributed by atoms with Crippen LogP contribution in [0.2, 0.25) is 0 Å². The molecule has 1 amide bonds. The summed E-state index contributed by atoms with van der Waals surface area (Å²) in [5.41, 5.74) is 1.37. The van der Waals surface area contributed by atoms with E-state index >= 15 is 0 Å². The van der Waals surface area contributed by atoms with Crippen molar-refractivity contribution in [3.05, 3.63) is 46.2 Å². The van der Waals surface area contributed by atoms with Crippen LogP contribution in [0.15, 0.2) is 29.6 Å². The standard InChI is InChI=1S/C16H13FN4OS2/c17-11-3-1-2-10(6-11)14-18-12(8-23-14)7-13(22)19-16-21-20-15(24-16)9-4-5-9/h1-3,6,8-9H,4-5,7H2,(H,19,21,22). The Hall–Kier alpha value is -2.19. The zero-order chi connectivity index (χ0) is 16.5. The van der Waals surface area contributed by atoms with Crippen molar-refractivity contribution in [2.45, 2.75) is 25.2 Å². The quantitative estimate of drug-likeness (QED) is 0.750. The molecule has 1 fully saturated rings. The topological polar surface area (TPSA) is 67.8 Å². The van der Waals surface area contributed by atoms with Gasteiger partial charge >= 0.3 is 0 Å². The second kappa shape index (κ2) is 6.37. The first kappa shape index (κ1) is 15.3. The zero-order valence-electron chi connectivity index (χ0n) is 12.5. The van der Waals surface area contributed by atoms with Crippen molar-refractivity contribution in [3.63, 3.8) is 0 Å². The molecular weight excluding hydrogens is 347 g/mol. The van der Waals surface area contributed by atoms with E-state index in [0.717, 1.165) is 17.8 Å². The lowest BCUT2D eigenvalue weighted by Crippen LogP contribution is -2.14.